The fourth-order valence-electron chi connectivity index (χ4n) is 0.651. The predicted molar refractivity (Wildman–Crippen MR) is 42.9 cm³/mol. The third-order valence-electron chi connectivity index (χ3n) is 1.08. The van der Waals surface area contributed by atoms with Crippen molar-refractivity contribution in [3.8, 4) is 0 Å². The van der Waals surface area contributed by atoms with Crippen LogP contribution in [0.3, 0.4) is 0 Å². The van der Waals surface area contributed by atoms with Gasteiger partial charge < -0.3 is 14.9 Å². The Morgan fingerprint density at radius 1 is 1.50 bits per heavy atom. The standard InChI is InChI=1S/C6H11O5P/c1-5(2-3-6(7)8)4-12(9,10)11/h2H,3-4H2,1H3,(H,7,8)(H2,9,10,11)/b5-2+. The quantitative estimate of drug-likeness (QED) is 0.449. The first-order chi connectivity index (χ1) is 5.31. The van der Waals surface area contributed by atoms with Crippen LogP contribution < -0.4 is 0 Å². The second kappa shape index (κ2) is 4.40. The van der Waals surface area contributed by atoms with Gasteiger partial charge in [-0.2, -0.15) is 0 Å². The van der Waals surface area contributed by atoms with Crippen molar-refractivity contribution in [1.82, 2.24) is 0 Å². The van der Waals surface area contributed by atoms with Crippen LogP contribution in [0.1, 0.15) is 13.3 Å². The van der Waals surface area contributed by atoms with Crippen molar-refractivity contribution in [3.05, 3.63) is 11.6 Å². The Balaban J connectivity index is 4.04. The van der Waals surface area contributed by atoms with Gasteiger partial charge in [-0.05, 0) is 6.92 Å². The highest BCUT2D eigenvalue weighted by Crippen LogP contribution is 2.36. The molecule has 0 bridgehead atoms. The fraction of sp³-hybridized carbons (Fsp3) is 0.500. The van der Waals surface area contributed by atoms with Crippen LogP contribution in [0, 0.1) is 0 Å². The van der Waals surface area contributed by atoms with Gasteiger partial charge >= 0.3 is 13.6 Å². The molecule has 0 fully saturated rings. The van der Waals surface area contributed by atoms with Gasteiger partial charge in [0.1, 0.15) is 0 Å². The van der Waals surface area contributed by atoms with Crippen molar-refractivity contribution < 1.29 is 24.3 Å². The van der Waals surface area contributed by atoms with E-state index in [0.29, 0.717) is 5.57 Å². The zero-order valence-electron chi connectivity index (χ0n) is 6.60. The average molecular weight is 194 g/mol. The normalized spacial score (nSPS) is 13.1. The highest BCUT2D eigenvalue weighted by molar-refractivity contribution is 7.52. The molecule has 0 atom stereocenters. The van der Waals surface area contributed by atoms with Gasteiger partial charge in [0.25, 0.3) is 0 Å². The van der Waals surface area contributed by atoms with Crippen molar-refractivity contribution in [2.45, 2.75) is 13.3 Å². The Kier molecular flexibility index (Phi) is 4.17. The van der Waals surface area contributed by atoms with Gasteiger partial charge in [-0.1, -0.05) is 11.6 Å². The van der Waals surface area contributed by atoms with E-state index in [1.807, 2.05) is 0 Å². The minimum atomic E-state index is -4.04. The third kappa shape index (κ3) is 7.47. The number of allylic oxidation sites excluding steroid dienone is 1. The summed E-state index contributed by atoms with van der Waals surface area (Å²) in [5.41, 5.74) is 0.394. The van der Waals surface area contributed by atoms with Gasteiger partial charge in [-0.15, -0.1) is 0 Å². The summed E-state index contributed by atoms with van der Waals surface area (Å²) in [5, 5.41) is 8.22. The summed E-state index contributed by atoms with van der Waals surface area (Å²) in [6.07, 6.45) is 0.716. The molecule has 0 aliphatic rings. The first-order valence-electron chi connectivity index (χ1n) is 3.23. The molecule has 70 valence electrons. The molecule has 6 heteroatoms. The molecule has 0 radical (unpaired) electrons. The van der Waals surface area contributed by atoms with Gasteiger partial charge in [0.2, 0.25) is 0 Å². The second-order valence-electron chi connectivity index (χ2n) is 2.47. The maximum Gasteiger partial charge on any atom is 0.329 e. The molecule has 0 aromatic rings. The molecule has 0 heterocycles. The molecule has 0 amide bonds. The number of aliphatic carboxylic acids is 1. The molecule has 0 unspecified atom stereocenters. The van der Waals surface area contributed by atoms with Crippen LogP contribution in [0.5, 0.6) is 0 Å². The number of carbonyl (C=O) groups is 1. The Morgan fingerprint density at radius 3 is 2.33 bits per heavy atom. The van der Waals surface area contributed by atoms with E-state index in [-0.39, 0.29) is 12.6 Å². The van der Waals surface area contributed by atoms with Crippen molar-refractivity contribution >= 4 is 13.6 Å². The predicted octanol–water partition coefficient (Wildman–Crippen LogP) is 0.585. The summed E-state index contributed by atoms with van der Waals surface area (Å²) in [6.45, 7) is 1.49. The van der Waals surface area contributed by atoms with Gasteiger partial charge in [0, 0.05) is 0 Å². The second-order valence-corrected chi connectivity index (χ2v) is 4.12. The maximum absolute atomic E-state index is 10.4. The highest BCUT2D eigenvalue weighted by Gasteiger charge is 2.12. The van der Waals surface area contributed by atoms with Crippen molar-refractivity contribution in [1.29, 1.82) is 0 Å². The highest BCUT2D eigenvalue weighted by atomic mass is 31.2. The molecule has 0 aromatic heterocycles. The summed E-state index contributed by atoms with van der Waals surface area (Å²) in [6, 6.07) is 0. The Hall–Kier alpha value is -0.640. The Morgan fingerprint density at radius 2 is 2.00 bits per heavy atom. The van der Waals surface area contributed by atoms with E-state index in [2.05, 4.69) is 0 Å². The van der Waals surface area contributed by atoms with E-state index >= 15 is 0 Å². The summed E-state index contributed by atoms with van der Waals surface area (Å²) in [4.78, 5) is 27.0. The SMILES string of the molecule is C/C(=C\CC(=O)O)CP(=O)(O)O. The number of hydrogen-bond donors (Lipinski definition) is 3. The molecular formula is C6H11O5P. The van der Waals surface area contributed by atoms with Crippen LogP contribution in [0.4, 0.5) is 0 Å². The van der Waals surface area contributed by atoms with Crippen LogP contribution in [-0.2, 0) is 9.36 Å². The largest absolute Gasteiger partial charge is 0.481 e. The minimum Gasteiger partial charge on any atom is -0.481 e. The molecule has 0 saturated heterocycles. The van der Waals surface area contributed by atoms with Gasteiger partial charge in [0.15, 0.2) is 0 Å². The lowest BCUT2D eigenvalue weighted by molar-refractivity contribution is -0.136. The van der Waals surface area contributed by atoms with Crippen molar-refractivity contribution in [2.75, 3.05) is 6.16 Å². The van der Waals surface area contributed by atoms with Crippen LogP contribution >= 0.6 is 7.60 Å². The smallest absolute Gasteiger partial charge is 0.329 e. The fourth-order valence-corrected chi connectivity index (χ4v) is 1.43. The molecule has 0 saturated carbocycles. The lowest BCUT2D eigenvalue weighted by Crippen LogP contribution is -1.94. The zero-order chi connectivity index (χ0) is 9.78. The topological polar surface area (TPSA) is 94.8 Å². The number of rotatable bonds is 4. The Labute approximate surface area is 69.9 Å². The van der Waals surface area contributed by atoms with Crippen LogP contribution in [0.25, 0.3) is 0 Å². The molecule has 0 aliphatic heterocycles. The van der Waals surface area contributed by atoms with Crippen LogP contribution in [0.2, 0.25) is 0 Å². The summed E-state index contributed by atoms with van der Waals surface area (Å²) in [5.74, 6) is -1.01. The van der Waals surface area contributed by atoms with E-state index in [9.17, 15) is 9.36 Å². The first-order valence-corrected chi connectivity index (χ1v) is 5.03. The van der Waals surface area contributed by atoms with E-state index in [4.69, 9.17) is 14.9 Å². The van der Waals surface area contributed by atoms with Gasteiger partial charge in [0.05, 0.1) is 12.6 Å². The molecule has 0 rings (SSSR count). The van der Waals surface area contributed by atoms with Gasteiger partial charge in [-0.3, -0.25) is 9.36 Å². The van der Waals surface area contributed by atoms with E-state index < -0.39 is 13.6 Å². The molecule has 5 nitrogen and oxygen atoms in total. The van der Waals surface area contributed by atoms with E-state index in [1.54, 1.807) is 0 Å². The molecule has 0 aliphatic carbocycles. The van der Waals surface area contributed by atoms with Gasteiger partial charge in [-0.25, -0.2) is 0 Å². The minimum absolute atomic E-state index is 0.203. The number of carboxylic acids is 1. The van der Waals surface area contributed by atoms with E-state index in [0.717, 1.165) is 0 Å². The monoisotopic (exact) mass is 194 g/mol. The van der Waals surface area contributed by atoms with Crippen molar-refractivity contribution in [3.63, 3.8) is 0 Å². The molecule has 3 N–H and O–H groups in total. The van der Waals surface area contributed by atoms with Crippen LogP contribution in [-0.4, -0.2) is 27.0 Å². The summed E-state index contributed by atoms with van der Waals surface area (Å²) in [7, 11) is -4.04. The number of carboxylic acid groups (broad SMARTS) is 1. The molecular weight excluding hydrogens is 183 g/mol. The zero-order valence-corrected chi connectivity index (χ0v) is 7.49. The molecule has 0 spiro atoms. The maximum atomic E-state index is 10.4. The number of hydrogen-bond acceptors (Lipinski definition) is 2. The molecule has 0 aromatic carbocycles. The summed E-state index contributed by atoms with van der Waals surface area (Å²) < 4.78 is 10.4. The molecule has 12 heavy (non-hydrogen) atoms. The van der Waals surface area contributed by atoms with E-state index in [1.165, 1.54) is 13.0 Å². The van der Waals surface area contributed by atoms with Crippen molar-refractivity contribution in [2.24, 2.45) is 0 Å². The van der Waals surface area contributed by atoms with Crippen LogP contribution in [0.15, 0.2) is 11.6 Å². The summed E-state index contributed by atoms with van der Waals surface area (Å²) >= 11 is 0. The Bertz CT molecular complexity index is 238. The average Bonchev–Trinajstić information content (AvgIpc) is 1.79. The lowest BCUT2D eigenvalue weighted by Gasteiger charge is -2.02. The third-order valence-corrected chi connectivity index (χ3v) is 1.99. The lowest BCUT2D eigenvalue weighted by atomic mass is 10.3. The first kappa shape index (κ1) is 11.4.